The van der Waals surface area contributed by atoms with Gasteiger partial charge in [0.05, 0.1) is 24.1 Å². The van der Waals surface area contributed by atoms with E-state index in [-0.39, 0.29) is 0 Å². The summed E-state index contributed by atoms with van der Waals surface area (Å²) in [5.41, 5.74) is 11.4. The molecule has 118 valence electrons. The van der Waals surface area contributed by atoms with Gasteiger partial charge in [0.15, 0.2) is 0 Å². The monoisotopic (exact) mass is 308 g/mol. The van der Waals surface area contributed by atoms with Crippen LogP contribution in [0.4, 0.5) is 11.5 Å². The van der Waals surface area contributed by atoms with Crippen molar-refractivity contribution in [2.24, 2.45) is 0 Å². The van der Waals surface area contributed by atoms with E-state index in [1.165, 1.54) is 24.0 Å². The van der Waals surface area contributed by atoms with Crippen molar-refractivity contribution in [2.75, 3.05) is 11.1 Å². The Morgan fingerprint density at radius 3 is 2.91 bits per heavy atom. The molecule has 1 saturated carbocycles. The average molecular weight is 308 g/mol. The zero-order valence-corrected chi connectivity index (χ0v) is 13.2. The molecule has 0 radical (unpaired) electrons. The average Bonchev–Trinajstić information content (AvgIpc) is 3.32. The molecule has 3 N–H and O–H groups in total. The lowest BCUT2D eigenvalue weighted by Gasteiger charge is -2.07. The van der Waals surface area contributed by atoms with E-state index in [9.17, 15) is 0 Å². The molecule has 0 bridgehead atoms. The van der Waals surface area contributed by atoms with Gasteiger partial charge in [0.2, 0.25) is 0 Å². The van der Waals surface area contributed by atoms with E-state index in [0.717, 1.165) is 29.4 Å². The number of nitrogen functional groups attached to an aromatic ring is 1. The summed E-state index contributed by atoms with van der Waals surface area (Å²) in [5, 5.41) is 10.9. The van der Waals surface area contributed by atoms with Gasteiger partial charge in [-0.1, -0.05) is 6.92 Å². The molecule has 6 heteroatoms. The van der Waals surface area contributed by atoms with Gasteiger partial charge in [0, 0.05) is 18.5 Å². The molecular weight excluding hydrogens is 288 g/mol. The molecule has 3 aromatic heterocycles. The van der Waals surface area contributed by atoms with Crippen molar-refractivity contribution >= 4 is 17.2 Å². The van der Waals surface area contributed by atoms with Crippen LogP contribution in [0, 0.1) is 0 Å². The Labute approximate surface area is 134 Å². The van der Waals surface area contributed by atoms with Crippen molar-refractivity contribution < 1.29 is 0 Å². The quantitative estimate of drug-likeness (QED) is 0.757. The smallest absolute Gasteiger partial charge is 0.148 e. The van der Waals surface area contributed by atoms with Gasteiger partial charge in [-0.25, -0.2) is 4.98 Å². The molecule has 0 atom stereocenters. The Morgan fingerprint density at radius 1 is 1.30 bits per heavy atom. The third-order valence-electron chi connectivity index (χ3n) is 4.31. The summed E-state index contributed by atoms with van der Waals surface area (Å²) in [7, 11) is 0. The molecule has 1 fully saturated rings. The van der Waals surface area contributed by atoms with Crippen LogP contribution in [-0.4, -0.2) is 19.6 Å². The van der Waals surface area contributed by atoms with Crippen LogP contribution in [0.15, 0.2) is 30.7 Å². The second-order valence-electron chi connectivity index (χ2n) is 6.10. The number of imidazole rings is 1. The van der Waals surface area contributed by atoms with Gasteiger partial charge in [-0.2, -0.15) is 5.10 Å². The van der Waals surface area contributed by atoms with Gasteiger partial charge < -0.3 is 15.5 Å². The number of pyridine rings is 1. The van der Waals surface area contributed by atoms with Gasteiger partial charge in [-0.05, 0) is 42.4 Å². The summed E-state index contributed by atoms with van der Waals surface area (Å²) in [5.74, 6) is 1.16. The molecular formula is C17H20N6. The lowest BCUT2D eigenvalue weighted by atomic mass is 10.0. The first-order valence-corrected chi connectivity index (χ1v) is 8.05. The highest BCUT2D eigenvalue weighted by molar-refractivity contribution is 5.50. The zero-order valence-electron chi connectivity index (χ0n) is 13.2. The second-order valence-corrected chi connectivity index (χ2v) is 6.10. The lowest BCUT2D eigenvalue weighted by Crippen LogP contribution is -2.02. The maximum Gasteiger partial charge on any atom is 0.148 e. The van der Waals surface area contributed by atoms with Crippen molar-refractivity contribution in [1.82, 2.24) is 19.6 Å². The van der Waals surface area contributed by atoms with Crippen LogP contribution in [0.2, 0.25) is 0 Å². The maximum absolute atomic E-state index is 5.64. The minimum absolute atomic E-state index is 0.409. The molecule has 4 rings (SSSR count). The van der Waals surface area contributed by atoms with Gasteiger partial charge in [0.1, 0.15) is 11.5 Å². The third kappa shape index (κ3) is 2.84. The summed E-state index contributed by atoms with van der Waals surface area (Å²) in [6, 6.07) is 3.99. The van der Waals surface area contributed by atoms with Gasteiger partial charge in [0.25, 0.3) is 0 Å². The number of aryl methyl sites for hydroxylation is 1. The fourth-order valence-corrected chi connectivity index (χ4v) is 2.97. The molecule has 0 spiro atoms. The predicted octanol–water partition coefficient (Wildman–Crippen LogP) is 2.76. The molecule has 3 heterocycles. The Balaban J connectivity index is 1.58. The number of fused-ring (bicyclic) bond motifs is 1. The Hall–Kier alpha value is -2.63. The fraction of sp³-hybridized carbons (Fsp3) is 0.353. The van der Waals surface area contributed by atoms with Crippen LogP contribution in [-0.2, 0) is 13.0 Å². The topological polar surface area (TPSA) is 81.1 Å². The largest absolute Gasteiger partial charge is 0.382 e. The summed E-state index contributed by atoms with van der Waals surface area (Å²) >= 11 is 0. The van der Waals surface area contributed by atoms with Crippen molar-refractivity contribution in [3.8, 4) is 0 Å². The number of nitrogens with two attached hydrogens (primary N) is 1. The molecule has 1 aliphatic carbocycles. The summed E-state index contributed by atoms with van der Waals surface area (Å²) in [4.78, 5) is 4.71. The van der Waals surface area contributed by atoms with Gasteiger partial charge >= 0.3 is 0 Å². The first-order chi connectivity index (χ1) is 11.2. The highest BCUT2D eigenvalue weighted by atomic mass is 15.1. The maximum atomic E-state index is 5.64. The number of hydrogen-bond acceptors (Lipinski definition) is 5. The molecule has 23 heavy (non-hydrogen) atoms. The molecule has 1 aliphatic rings. The molecule has 0 amide bonds. The third-order valence-corrected chi connectivity index (χ3v) is 4.31. The lowest BCUT2D eigenvalue weighted by molar-refractivity contribution is 0.988. The number of rotatable bonds is 5. The van der Waals surface area contributed by atoms with E-state index >= 15 is 0 Å². The predicted molar refractivity (Wildman–Crippen MR) is 90.3 cm³/mol. The summed E-state index contributed by atoms with van der Waals surface area (Å²) in [6.45, 7) is 2.84. The van der Waals surface area contributed by atoms with E-state index in [4.69, 9.17) is 10.7 Å². The van der Waals surface area contributed by atoms with Crippen LogP contribution in [0.3, 0.4) is 0 Å². The molecule has 0 saturated heterocycles. The molecule has 0 aliphatic heterocycles. The Kier molecular flexibility index (Phi) is 3.37. The summed E-state index contributed by atoms with van der Waals surface area (Å²) < 4.78 is 2.14. The number of nitrogens with one attached hydrogen (secondary N) is 1. The number of anilines is 2. The first kappa shape index (κ1) is 14.0. The van der Waals surface area contributed by atoms with E-state index < -0.39 is 0 Å². The molecule has 6 nitrogen and oxygen atoms in total. The van der Waals surface area contributed by atoms with E-state index in [0.29, 0.717) is 12.4 Å². The van der Waals surface area contributed by atoms with Crippen molar-refractivity contribution in [3.05, 3.63) is 47.5 Å². The number of nitrogens with zero attached hydrogens (tertiary/aromatic N) is 4. The van der Waals surface area contributed by atoms with Crippen molar-refractivity contribution in [2.45, 2.75) is 38.6 Å². The summed E-state index contributed by atoms with van der Waals surface area (Å²) in [6.07, 6.45) is 9.70. The van der Waals surface area contributed by atoms with E-state index in [1.807, 2.05) is 0 Å². The minimum Gasteiger partial charge on any atom is -0.382 e. The first-order valence-electron chi connectivity index (χ1n) is 8.05. The van der Waals surface area contributed by atoms with E-state index in [1.54, 1.807) is 12.3 Å². The SMILES string of the molecule is CCc1cc2nc(CNc3cnnc(N)c3)cn2cc1C1CC1. The highest BCUT2D eigenvalue weighted by Crippen LogP contribution is 2.42. The normalized spacial score (nSPS) is 14.3. The van der Waals surface area contributed by atoms with Crippen LogP contribution in [0.1, 0.15) is 42.5 Å². The number of aromatic nitrogens is 4. The molecule has 0 aromatic carbocycles. The van der Waals surface area contributed by atoms with Gasteiger partial charge in [-0.15, -0.1) is 5.10 Å². The fourth-order valence-electron chi connectivity index (χ4n) is 2.97. The minimum atomic E-state index is 0.409. The van der Waals surface area contributed by atoms with Gasteiger partial charge in [-0.3, -0.25) is 0 Å². The molecule has 3 aromatic rings. The van der Waals surface area contributed by atoms with Crippen LogP contribution < -0.4 is 11.1 Å². The van der Waals surface area contributed by atoms with Crippen molar-refractivity contribution in [3.63, 3.8) is 0 Å². The van der Waals surface area contributed by atoms with E-state index in [2.05, 4.69) is 45.3 Å². The van der Waals surface area contributed by atoms with Crippen LogP contribution >= 0.6 is 0 Å². The van der Waals surface area contributed by atoms with Crippen LogP contribution in [0.25, 0.3) is 5.65 Å². The van der Waals surface area contributed by atoms with Crippen LogP contribution in [0.5, 0.6) is 0 Å². The number of hydrogen-bond donors (Lipinski definition) is 2. The van der Waals surface area contributed by atoms with Crippen molar-refractivity contribution in [1.29, 1.82) is 0 Å². The second kappa shape index (κ2) is 5.53. The Bertz CT molecular complexity index is 849. The molecule has 0 unspecified atom stereocenters. The Morgan fingerprint density at radius 2 is 2.17 bits per heavy atom. The highest BCUT2D eigenvalue weighted by Gasteiger charge is 2.26. The zero-order chi connectivity index (χ0) is 15.8. The standard InChI is InChI=1S/C17H20N6/c1-2-11-5-17-21-14(7-19-13-6-16(18)22-20-8-13)9-23(17)10-15(11)12-3-4-12/h5-6,8-10,12H,2-4,7H2,1H3,(H3,18,19,22).